The Morgan fingerprint density at radius 1 is 1.75 bits per heavy atom. The van der Waals surface area contributed by atoms with Crippen LogP contribution in [-0.4, -0.2) is 49.9 Å². The van der Waals surface area contributed by atoms with Gasteiger partial charge in [0.2, 0.25) is 0 Å². The highest BCUT2D eigenvalue weighted by Crippen LogP contribution is 2.23. The number of carbonyl (C=O) groups is 1. The molecule has 16 heavy (non-hydrogen) atoms. The normalized spacial score (nSPS) is 21.2. The second-order valence-electron chi connectivity index (χ2n) is 4.46. The summed E-state index contributed by atoms with van der Waals surface area (Å²) in [4.78, 5) is 20.0. The molecule has 0 saturated carbocycles. The molecule has 1 fully saturated rings. The van der Waals surface area contributed by atoms with Crippen molar-refractivity contribution in [3.8, 4) is 0 Å². The minimum atomic E-state index is 0.699. The molecule has 1 unspecified atom stereocenters. The number of carbonyl (C=O) groups excluding carboxylic acids is 1. The second-order valence-corrected chi connectivity index (χ2v) is 5.50. The van der Waals surface area contributed by atoms with E-state index in [2.05, 4.69) is 21.8 Å². The maximum atomic E-state index is 10.6. The van der Waals surface area contributed by atoms with E-state index in [-0.39, 0.29) is 0 Å². The predicted molar refractivity (Wildman–Crippen MR) is 66.4 cm³/mol. The Balaban J connectivity index is 1.92. The minimum Gasteiger partial charge on any atom is -0.351 e. The van der Waals surface area contributed by atoms with Crippen LogP contribution < -0.4 is 4.90 Å². The number of hydrogen-bond donors (Lipinski definition) is 0. The lowest BCUT2D eigenvalue weighted by Crippen LogP contribution is -2.27. The number of likely N-dealkylation sites (tertiary alicyclic amines) is 1. The van der Waals surface area contributed by atoms with Crippen LogP contribution in [0.4, 0.5) is 5.13 Å². The van der Waals surface area contributed by atoms with Crippen molar-refractivity contribution in [1.82, 2.24) is 9.88 Å². The monoisotopic (exact) mass is 239 g/mol. The van der Waals surface area contributed by atoms with Gasteiger partial charge in [-0.2, -0.15) is 0 Å². The molecule has 0 spiro atoms. The first kappa shape index (κ1) is 11.5. The highest BCUT2D eigenvalue weighted by molar-refractivity contribution is 7.17. The summed E-state index contributed by atoms with van der Waals surface area (Å²) in [5.74, 6) is 0.721. The third-order valence-corrected chi connectivity index (χ3v) is 4.01. The Bertz CT molecular complexity index is 366. The zero-order valence-corrected chi connectivity index (χ0v) is 10.5. The smallest absolute Gasteiger partial charge is 0.185 e. The largest absolute Gasteiger partial charge is 0.351 e. The molecule has 88 valence electrons. The molecule has 0 radical (unpaired) electrons. The second kappa shape index (κ2) is 4.93. The van der Waals surface area contributed by atoms with Crippen LogP contribution in [0.1, 0.15) is 16.1 Å². The van der Waals surface area contributed by atoms with Gasteiger partial charge in [-0.25, -0.2) is 4.98 Å². The first-order chi connectivity index (χ1) is 7.69. The van der Waals surface area contributed by atoms with E-state index in [1.54, 1.807) is 6.20 Å². The SMILES string of the molecule is CN1CCC(CN(C)c2ncc(C=O)s2)C1. The lowest BCUT2D eigenvalue weighted by atomic mass is 10.1. The van der Waals surface area contributed by atoms with Crippen molar-refractivity contribution in [2.24, 2.45) is 5.92 Å². The van der Waals surface area contributed by atoms with Crippen LogP contribution in [0.25, 0.3) is 0 Å². The van der Waals surface area contributed by atoms with Crippen LogP contribution in [0.15, 0.2) is 6.20 Å². The summed E-state index contributed by atoms with van der Waals surface area (Å²) in [6, 6.07) is 0. The van der Waals surface area contributed by atoms with Gasteiger partial charge in [0.25, 0.3) is 0 Å². The van der Waals surface area contributed by atoms with Crippen LogP contribution in [-0.2, 0) is 0 Å². The number of rotatable bonds is 4. The summed E-state index contributed by atoms with van der Waals surface area (Å²) in [6.45, 7) is 3.38. The summed E-state index contributed by atoms with van der Waals surface area (Å²) in [5, 5.41) is 0.941. The molecule has 2 rings (SSSR count). The zero-order chi connectivity index (χ0) is 11.5. The average molecular weight is 239 g/mol. The molecule has 0 aliphatic carbocycles. The molecule has 1 aliphatic heterocycles. The molecule has 1 aromatic heterocycles. The van der Waals surface area contributed by atoms with Crippen molar-refractivity contribution in [1.29, 1.82) is 0 Å². The molecule has 0 bridgehead atoms. The third-order valence-electron chi connectivity index (χ3n) is 2.98. The fourth-order valence-electron chi connectivity index (χ4n) is 2.15. The number of nitrogens with zero attached hydrogens (tertiary/aromatic N) is 3. The van der Waals surface area contributed by atoms with Crippen molar-refractivity contribution in [3.63, 3.8) is 0 Å². The van der Waals surface area contributed by atoms with Gasteiger partial charge in [-0.3, -0.25) is 4.79 Å². The van der Waals surface area contributed by atoms with Crippen molar-refractivity contribution < 1.29 is 4.79 Å². The van der Waals surface area contributed by atoms with Gasteiger partial charge in [-0.15, -0.1) is 0 Å². The zero-order valence-electron chi connectivity index (χ0n) is 9.72. The summed E-state index contributed by atoms with van der Waals surface area (Å²) in [7, 11) is 4.21. The fraction of sp³-hybridized carbons (Fsp3) is 0.636. The highest BCUT2D eigenvalue weighted by Gasteiger charge is 2.21. The quantitative estimate of drug-likeness (QED) is 0.743. The molecule has 2 heterocycles. The van der Waals surface area contributed by atoms with E-state index in [0.717, 1.165) is 30.4 Å². The first-order valence-electron chi connectivity index (χ1n) is 5.49. The molecular formula is C11H17N3OS. The Labute approximate surface area is 99.9 Å². The Morgan fingerprint density at radius 2 is 2.56 bits per heavy atom. The maximum absolute atomic E-state index is 10.6. The molecule has 0 N–H and O–H groups in total. The molecule has 1 aliphatic rings. The van der Waals surface area contributed by atoms with Crippen LogP contribution in [0.5, 0.6) is 0 Å². The molecule has 1 saturated heterocycles. The van der Waals surface area contributed by atoms with E-state index in [0.29, 0.717) is 4.88 Å². The lowest BCUT2D eigenvalue weighted by Gasteiger charge is -2.20. The van der Waals surface area contributed by atoms with Crippen molar-refractivity contribution in [2.45, 2.75) is 6.42 Å². The number of anilines is 1. The van der Waals surface area contributed by atoms with Gasteiger partial charge in [0.1, 0.15) is 0 Å². The van der Waals surface area contributed by atoms with Crippen LogP contribution in [0.3, 0.4) is 0 Å². The van der Waals surface area contributed by atoms with Gasteiger partial charge >= 0.3 is 0 Å². The average Bonchev–Trinajstić information content (AvgIpc) is 2.87. The van der Waals surface area contributed by atoms with Gasteiger partial charge in [0, 0.05) is 20.1 Å². The van der Waals surface area contributed by atoms with Gasteiger partial charge in [0.15, 0.2) is 11.4 Å². The van der Waals surface area contributed by atoms with E-state index >= 15 is 0 Å². The van der Waals surface area contributed by atoms with Crippen molar-refractivity contribution in [3.05, 3.63) is 11.1 Å². The van der Waals surface area contributed by atoms with Crippen LogP contribution >= 0.6 is 11.3 Å². The molecule has 0 aromatic carbocycles. The minimum absolute atomic E-state index is 0.699. The maximum Gasteiger partial charge on any atom is 0.185 e. The van der Waals surface area contributed by atoms with E-state index in [1.807, 2.05) is 7.05 Å². The summed E-state index contributed by atoms with van der Waals surface area (Å²) in [5.41, 5.74) is 0. The lowest BCUT2D eigenvalue weighted by molar-refractivity contribution is 0.112. The van der Waals surface area contributed by atoms with Gasteiger partial charge in [0.05, 0.1) is 11.1 Å². The summed E-state index contributed by atoms with van der Waals surface area (Å²) in [6.07, 6.45) is 3.76. The van der Waals surface area contributed by atoms with E-state index < -0.39 is 0 Å². The number of aldehydes is 1. The standard InChI is InChI=1S/C11H17N3OS/c1-13-4-3-9(6-13)7-14(2)11-12-5-10(8-15)16-11/h5,8-9H,3-4,6-7H2,1-2H3. The Hall–Kier alpha value is -0.940. The molecule has 4 nitrogen and oxygen atoms in total. The van der Waals surface area contributed by atoms with E-state index in [9.17, 15) is 4.79 Å². The fourth-order valence-corrected chi connectivity index (χ4v) is 2.85. The molecule has 1 aromatic rings. The van der Waals surface area contributed by atoms with E-state index in [1.165, 1.54) is 24.3 Å². The van der Waals surface area contributed by atoms with Gasteiger partial charge in [-0.05, 0) is 25.9 Å². The third kappa shape index (κ3) is 2.59. The summed E-state index contributed by atoms with van der Waals surface area (Å²) >= 11 is 1.46. The van der Waals surface area contributed by atoms with Crippen LogP contribution in [0, 0.1) is 5.92 Å². The number of hydrogen-bond acceptors (Lipinski definition) is 5. The number of thiazole rings is 1. The first-order valence-corrected chi connectivity index (χ1v) is 6.31. The van der Waals surface area contributed by atoms with Gasteiger partial charge < -0.3 is 9.80 Å². The molecule has 5 heteroatoms. The predicted octanol–water partition coefficient (Wildman–Crippen LogP) is 1.34. The van der Waals surface area contributed by atoms with Gasteiger partial charge in [-0.1, -0.05) is 11.3 Å². The molecule has 0 amide bonds. The molecular weight excluding hydrogens is 222 g/mol. The highest BCUT2D eigenvalue weighted by atomic mass is 32.1. The molecule has 1 atom stereocenters. The number of aromatic nitrogens is 1. The topological polar surface area (TPSA) is 36.4 Å². The van der Waals surface area contributed by atoms with E-state index in [4.69, 9.17) is 0 Å². The van der Waals surface area contributed by atoms with Crippen molar-refractivity contribution >= 4 is 22.8 Å². The summed E-state index contributed by atoms with van der Waals surface area (Å²) < 4.78 is 0. The van der Waals surface area contributed by atoms with Crippen LogP contribution in [0.2, 0.25) is 0 Å². The Kier molecular flexibility index (Phi) is 3.56. The Morgan fingerprint density at radius 3 is 3.12 bits per heavy atom. The van der Waals surface area contributed by atoms with Crippen molar-refractivity contribution in [2.75, 3.05) is 38.6 Å².